The highest BCUT2D eigenvalue weighted by Crippen LogP contribution is 2.32. The van der Waals surface area contributed by atoms with Crippen LogP contribution >= 0.6 is 11.9 Å². The molecule has 35 heavy (non-hydrogen) atoms. The van der Waals surface area contributed by atoms with Gasteiger partial charge in [0.2, 0.25) is 5.91 Å². The lowest BCUT2D eigenvalue weighted by atomic mass is 9.97. The van der Waals surface area contributed by atoms with Gasteiger partial charge >= 0.3 is 0 Å². The number of amides is 1. The normalized spacial score (nSPS) is 14.8. The number of aromatic nitrogens is 2. The van der Waals surface area contributed by atoms with Crippen molar-refractivity contribution in [1.82, 2.24) is 14.3 Å². The van der Waals surface area contributed by atoms with Gasteiger partial charge in [0.15, 0.2) is 0 Å². The molecule has 1 amide bonds. The van der Waals surface area contributed by atoms with E-state index in [9.17, 15) is 13.6 Å². The lowest BCUT2D eigenvalue weighted by Gasteiger charge is -2.29. The second kappa shape index (κ2) is 10.1. The smallest absolute Gasteiger partial charge is 0.227 e. The molecule has 1 aromatic heterocycles. The first-order chi connectivity index (χ1) is 17.0. The minimum absolute atomic E-state index is 0.0137. The highest BCUT2D eigenvalue weighted by Gasteiger charge is 2.25. The second-order valence-electron chi connectivity index (χ2n) is 8.51. The van der Waals surface area contributed by atoms with E-state index in [2.05, 4.69) is 15.9 Å². The third-order valence-corrected chi connectivity index (χ3v) is 7.13. The maximum atomic E-state index is 13.6. The molecular formula is C27H24F2N4OS. The van der Waals surface area contributed by atoms with E-state index in [1.807, 2.05) is 12.1 Å². The van der Waals surface area contributed by atoms with Crippen molar-refractivity contribution in [2.45, 2.75) is 12.8 Å². The number of carbonyl (C=O) groups excluding carboxylic acids is 1. The molecular weight excluding hydrogens is 466 g/mol. The number of benzene rings is 3. The molecule has 1 saturated heterocycles. The molecule has 3 aromatic carbocycles. The van der Waals surface area contributed by atoms with E-state index in [-0.39, 0.29) is 23.5 Å². The third-order valence-electron chi connectivity index (χ3n) is 6.25. The van der Waals surface area contributed by atoms with Crippen molar-refractivity contribution in [3.8, 4) is 22.5 Å². The molecule has 0 aliphatic carbocycles. The van der Waals surface area contributed by atoms with Gasteiger partial charge in [-0.1, -0.05) is 11.9 Å². The summed E-state index contributed by atoms with van der Waals surface area (Å²) < 4.78 is 29.4. The molecule has 0 saturated carbocycles. The molecule has 1 aliphatic heterocycles. The van der Waals surface area contributed by atoms with Crippen LogP contribution in [0.2, 0.25) is 0 Å². The topological polar surface area (TPSA) is 58.1 Å². The van der Waals surface area contributed by atoms with Crippen molar-refractivity contribution < 1.29 is 13.6 Å². The van der Waals surface area contributed by atoms with Gasteiger partial charge in [-0.2, -0.15) is 0 Å². The molecule has 5 rings (SSSR count). The van der Waals surface area contributed by atoms with Gasteiger partial charge in [-0.25, -0.2) is 18.7 Å². The fraction of sp³-hybridized carbons (Fsp3) is 0.222. The van der Waals surface area contributed by atoms with E-state index in [4.69, 9.17) is 9.97 Å². The lowest BCUT2D eigenvalue weighted by molar-refractivity contribution is -0.120. The number of piperidine rings is 1. The zero-order valence-electron chi connectivity index (χ0n) is 19.2. The van der Waals surface area contributed by atoms with Gasteiger partial charge in [0.1, 0.15) is 11.6 Å². The van der Waals surface area contributed by atoms with Crippen molar-refractivity contribution in [1.29, 1.82) is 0 Å². The van der Waals surface area contributed by atoms with Crippen LogP contribution < -0.4 is 5.32 Å². The Balaban J connectivity index is 1.49. The van der Waals surface area contributed by atoms with Crippen LogP contribution in [0, 0.1) is 17.6 Å². The van der Waals surface area contributed by atoms with E-state index in [0.29, 0.717) is 39.2 Å². The highest BCUT2D eigenvalue weighted by atomic mass is 32.2. The molecule has 4 aromatic rings. The summed E-state index contributed by atoms with van der Waals surface area (Å²) in [5.74, 6) is -0.694. The standard InChI is InChI=1S/C27H24F2N4OS/c1-35-33-14-12-19(13-15-33)27(34)30-22-10-11-23-24(16-22)32-26(18-4-8-21(29)9-5-18)25(31-23)17-2-6-20(28)7-3-17/h2-11,16,19H,12-15H2,1H3,(H,30,34). The Labute approximate surface area is 206 Å². The zero-order chi connectivity index (χ0) is 24.4. The zero-order valence-corrected chi connectivity index (χ0v) is 20.0. The summed E-state index contributed by atoms with van der Waals surface area (Å²) >= 11 is 1.71. The average molecular weight is 491 g/mol. The van der Waals surface area contributed by atoms with Crippen LogP contribution in [-0.4, -0.2) is 39.5 Å². The predicted octanol–water partition coefficient (Wildman–Crippen LogP) is 6.17. The Kier molecular flexibility index (Phi) is 6.74. The Bertz CT molecular complexity index is 1350. The summed E-state index contributed by atoms with van der Waals surface area (Å²) in [7, 11) is 0. The Morgan fingerprint density at radius 3 is 1.94 bits per heavy atom. The number of rotatable bonds is 5. The molecule has 5 nitrogen and oxygen atoms in total. The van der Waals surface area contributed by atoms with Gasteiger partial charge in [-0.3, -0.25) is 9.10 Å². The molecule has 1 aliphatic rings. The highest BCUT2D eigenvalue weighted by molar-refractivity contribution is 7.96. The summed E-state index contributed by atoms with van der Waals surface area (Å²) in [5.41, 5.74) is 4.41. The number of nitrogens with zero attached hydrogens (tertiary/aromatic N) is 3. The molecule has 178 valence electrons. The number of hydrogen-bond donors (Lipinski definition) is 1. The number of anilines is 1. The average Bonchev–Trinajstić information content (AvgIpc) is 2.89. The number of fused-ring (bicyclic) bond motifs is 1. The minimum atomic E-state index is -0.348. The van der Waals surface area contributed by atoms with Crippen LogP contribution in [0.5, 0.6) is 0 Å². The summed E-state index contributed by atoms with van der Waals surface area (Å²) in [4.78, 5) is 22.5. The molecule has 0 bridgehead atoms. The number of halogens is 2. The summed E-state index contributed by atoms with van der Waals surface area (Å²) in [6.07, 6.45) is 3.71. The van der Waals surface area contributed by atoms with Crippen LogP contribution in [0.3, 0.4) is 0 Å². The maximum absolute atomic E-state index is 13.6. The van der Waals surface area contributed by atoms with Crippen LogP contribution in [-0.2, 0) is 4.79 Å². The fourth-order valence-corrected chi connectivity index (χ4v) is 4.87. The van der Waals surface area contributed by atoms with E-state index < -0.39 is 0 Å². The first-order valence-electron chi connectivity index (χ1n) is 11.4. The van der Waals surface area contributed by atoms with Crippen LogP contribution in [0.4, 0.5) is 14.5 Å². The minimum Gasteiger partial charge on any atom is -0.326 e. The third kappa shape index (κ3) is 5.18. The fourth-order valence-electron chi connectivity index (χ4n) is 4.30. The van der Waals surface area contributed by atoms with Gasteiger partial charge < -0.3 is 5.32 Å². The van der Waals surface area contributed by atoms with Crippen molar-refractivity contribution in [2.75, 3.05) is 24.7 Å². The molecule has 0 unspecified atom stereocenters. The van der Waals surface area contributed by atoms with Gasteiger partial charge in [-0.05, 0) is 85.8 Å². The Hall–Kier alpha value is -3.36. The van der Waals surface area contributed by atoms with Crippen LogP contribution in [0.15, 0.2) is 66.7 Å². The van der Waals surface area contributed by atoms with E-state index in [1.54, 1.807) is 42.3 Å². The molecule has 0 spiro atoms. The quantitative estimate of drug-likeness (QED) is 0.339. The molecule has 1 fully saturated rings. The summed E-state index contributed by atoms with van der Waals surface area (Å²) in [5, 5.41) is 3.03. The first kappa shape index (κ1) is 23.4. The van der Waals surface area contributed by atoms with Gasteiger partial charge in [0, 0.05) is 35.8 Å². The molecule has 8 heteroatoms. The van der Waals surface area contributed by atoms with E-state index >= 15 is 0 Å². The van der Waals surface area contributed by atoms with Gasteiger partial charge in [-0.15, -0.1) is 0 Å². The van der Waals surface area contributed by atoms with Crippen molar-refractivity contribution in [3.05, 3.63) is 78.4 Å². The maximum Gasteiger partial charge on any atom is 0.227 e. The van der Waals surface area contributed by atoms with E-state index in [1.165, 1.54) is 24.3 Å². The van der Waals surface area contributed by atoms with Crippen molar-refractivity contribution in [2.24, 2.45) is 5.92 Å². The van der Waals surface area contributed by atoms with E-state index in [0.717, 1.165) is 25.9 Å². The first-order valence-corrected chi connectivity index (χ1v) is 12.6. The monoisotopic (exact) mass is 490 g/mol. The Morgan fingerprint density at radius 2 is 1.40 bits per heavy atom. The number of carbonyl (C=O) groups is 1. The SMILES string of the molecule is CSN1CCC(C(=O)Nc2ccc3nc(-c4ccc(F)cc4)c(-c4ccc(F)cc4)nc3c2)CC1. The largest absolute Gasteiger partial charge is 0.326 e. The molecule has 2 heterocycles. The summed E-state index contributed by atoms with van der Waals surface area (Å²) in [6, 6.07) is 17.5. The predicted molar refractivity (Wildman–Crippen MR) is 137 cm³/mol. The number of nitrogens with one attached hydrogen (secondary N) is 1. The summed E-state index contributed by atoms with van der Waals surface area (Å²) in [6.45, 7) is 1.80. The Morgan fingerprint density at radius 1 is 0.857 bits per heavy atom. The van der Waals surface area contributed by atoms with Gasteiger partial charge in [0.05, 0.1) is 22.4 Å². The number of hydrogen-bond acceptors (Lipinski definition) is 5. The van der Waals surface area contributed by atoms with Crippen molar-refractivity contribution >= 4 is 34.6 Å². The molecule has 0 atom stereocenters. The van der Waals surface area contributed by atoms with Crippen LogP contribution in [0.25, 0.3) is 33.5 Å². The van der Waals surface area contributed by atoms with Gasteiger partial charge in [0.25, 0.3) is 0 Å². The van der Waals surface area contributed by atoms with Crippen LogP contribution in [0.1, 0.15) is 12.8 Å². The molecule has 1 N–H and O–H groups in total. The van der Waals surface area contributed by atoms with Crippen molar-refractivity contribution in [3.63, 3.8) is 0 Å². The lowest BCUT2D eigenvalue weighted by Crippen LogP contribution is -2.34. The second-order valence-corrected chi connectivity index (χ2v) is 9.39. The molecule has 0 radical (unpaired) electrons.